The Balaban J connectivity index is 2.26. The van der Waals surface area contributed by atoms with Gasteiger partial charge in [0.1, 0.15) is 0 Å². The van der Waals surface area contributed by atoms with Crippen LogP contribution in [-0.4, -0.2) is 21.2 Å². The number of aryl methyl sites for hydroxylation is 1. The lowest BCUT2D eigenvalue weighted by molar-refractivity contribution is 0.0684. The normalized spacial score (nSPS) is 17.6. The van der Waals surface area contributed by atoms with Crippen LogP contribution in [-0.2, 0) is 6.42 Å². The lowest BCUT2D eigenvalue weighted by atomic mass is 9.93. The van der Waals surface area contributed by atoms with Crippen molar-refractivity contribution in [3.05, 3.63) is 22.8 Å². The van der Waals surface area contributed by atoms with Crippen molar-refractivity contribution < 1.29 is 18.8 Å². The third-order valence-electron chi connectivity index (χ3n) is 2.73. The fraction of sp³-hybridized carbons (Fsp3) is 0.300. The van der Waals surface area contributed by atoms with Gasteiger partial charge < -0.3 is 19.8 Å². The zero-order valence-electron chi connectivity index (χ0n) is 8.93. The van der Waals surface area contributed by atoms with Crippen LogP contribution in [0.2, 0.25) is 0 Å². The van der Waals surface area contributed by atoms with E-state index in [0.717, 1.165) is 0 Å². The summed E-state index contributed by atoms with van der Waals surface area (Å²) in [5.41, 5.74) is 6.80. The molecule has 2 heterocycles. The minimum absolute atomic E-state index is 0.160. The molecule has 0 bridgehead atoms. The van der Waals surface area contributed by atoms with Crippen LogP contribution in [0.3, 0.4) is 0 Å². The highest BCUT2D eigenvalue weighted by molar-refractivity contribution is 5.89. The third kappa shape index (κ3) is 1.29. The van der Waals surface area contributed by atoms with E-state index in [9.17, 15) is 4.79 Å². The summed E-state index contributed by atoms with van der Waals surface area (Å²) in [4.78, 5) is 15.1. The Morgan fingerprint density at radius 1 is 1.53 bits per heavy atom. The summed E-state index contributed by atoms with van der Waals surface area (Å²) in [6.45, 7) is 1.71. The van der Waals surface area contributed by atoms with Gasteiger partial charge in [-0.2, -0.15) is 0 Å². The van der Waals surface area contributed by atoms with Crippen molar-refractivity contribution in [1.29, 1.82) is 0 Å². The van der Waals surface area contributed by atoms with Gasteiger partial charge in [-0.15, -0.1) is 0 Å². The Hall–Kier alpha value is -2.15. The fourth-order valence-corrected chi connectivity index (χ4v) is 2.06. The molecular formula is C10H9N3O4. The van der Waals surface area contributed by atoms with Gasteiger partial charge in [-0.25, -0.2) is 9.78 Å². The van der Waals surface area contributed by atoms with Gasteiger partial charge >= 0.3 is 5.97 Å². The number of carbonyl (C=O) groups is 1. The quantitative estimate of drug-likeness (QED) is 0.753. The number of aromatic nitrogens is 2. The van der Waals surface area contributed by atoms with Gasteiger partial charge in [0.25, 0.3) is 0 Å². The largest absolute Gasteiger partial charge is 0.476 e. The highest BCUT2D eigenvalue weighted by Gasteiger charge is 2.35. The van der Waals surface area contributed by atoms with E-state index in [-0.39, 0.29) is 11.5 Å². The molecule has 0 spiro atoms. The fourth-order valence-electron chi connectivity index (χ4n) is 2.06. The van der Waals surface area contributed by atoms with Crippen molar-refractivity contribution in [1.82, 2.24) is 10.1 Å². The average molecular weight is 235 g/mol. The van der Waals surface area contributed by atoms with Gasteiger partial charge in [-0.3, -0.25) is 0 Å². The van der Waals surface area contributed by atoms with Crippen LogP contribution >= 0.6 is 0 Å². The minimum Gasteiger partial charge on any atom is -0.476 e. The van der Waals surface area contributed by atoms with Gasteiger partial charge in [0.05, 0.1) is 11.3 Å². The standard InChI is InChI=1S/C10H9N3O4/c1-3-12-5-2-4(11)6-7(10(14)15)13-17-9(6)8(5)16-3/h4H,2,11H2,1H3,(H,14,15). The van der Waals surface area contributed by atoms with Crippen molar-refractivity contribution in [2.75, 3.05) is 0 Å². The topological polar surface area (TPSA) is 115 Å². The summed E-state index contributed by atoms with van der Waals surface area (Å²) in [7, 11) is 0. The van der Waals surface area contributed by atoms with Gasteiger partial charge in [0.15, 0.2) is 17.3 Å². The van der Waals surface area contributed by atoms with E-state index >= 15 is 0 Å². The predicted molar refractivity (Wildman–Crippen MR) is 54.3 cm³/mol. The molecule has 0 amide bonds. The summed E-state index contributed by atoms with van der Waals surface area (Å²) in [5.74, 6) is 0.0319. The first-order valence-corrected chi connectivity index (χ1v) is 5.03. The molecule has 0 saturated carbocycles. The van der Waals surface area contributed by atoms with Crippen molar-refractivity contribution in [2.24, 2.45) is 5.73 Å². The van der Waals surface area contributed by atoms with Crippen LogP contribution in [0.5, 0.6) is 0 Å². The maximum absolute atomic E-state index is 11.0. The molecule has 1 aliphatic carbocycles. The Bertz CT molecular complexity index is 613. The Labute approximate surface area is 95.2 Å². The van der Waals surface area contributed by atoms with Crippen molar-refractivity contribution in [3.63, 3.8) is 0 Å². The molecule has 3 N–H and O–H groups in total. The Morgan fingerprint density at radius 2 is 2.29 bits per heavy atom. The molecule has 1 aliphatic rings. The predicted octanol–water partition coefficient (Wildman–Crippen LogP) is 0.892. The zero-order valence-corrected chi connectivity index (χ0v) is 8.93. The summed E-state index contributed by atoms with van der Waals surface area (Å²) in [6.07, 6.45) is 0.418. The molecule has 2 aromatic heterocycles. The van der Waals surface area contributed by atoms with Crippen molar-refractivity contribution in [2.45, 2.75) is 19.4 Å². The number of nitrogens with zero attached hydrogens (tertiary/aromatic N) is 2. The number of aromatic carboxylic acids is 1. The molecule has 2 aromatic rings. The molecule has 7 heteroatoms. The highest BCUT2D eigenvalue weighted by atomic mass is 16.5. The first kappa shape index (κ1) is 10.0. The first-order valence-electron chi connectivity index (χ1n) is 5.03. The molecule has 0 fully saturated rings. The molecule has 3 rings (SSSR count). The van der Waals surface area contributed by atoms with E-state index in [1.807, 2.05) is 0 Å². The van der Waals surface area contributed by atoms with Crippen LogP contribution in [0, 0.1) is 6.92 Å². The monoisotopic (exact) mass is 235 g/mol. The highest BCUT2D eigenvalue weighted by Crippen LogP contribution is 2.39. The molecule has 0 aromatic carbocycles. The van der Waals surface area contributed by atoms with Gasteiger partial charge in [-0.05, 0) is 0 Å². The third-order valence-corrected chi connectivity index (χ3v) is 2.73. The van der Waals surface area contributed by atoms with Crippen LogP contribution in [0.15, 0.2) is 8.94 Å². The van der Waals surface area contributed by atoms with Gasteiger partial charge in [0.2, 0.25) is 5.76 Å². The molecule has 17 heavy (non-hydrogen) atoms. The molecular weight excluding hydrogens is 226 g/mol. The average Bonchev–Trinajstić information content (AvgIpc) is 2.80. The number of carboxylic acids is 1. The van der Waals surface area contributed by atoms with E-state index in [1.165, 1.54) is 0 Å². The molecule has 88 valence electrons. The number of nitrogens with two attached hydrogens (primary N) is 1. The zero-order chi connectivity index (χ0) is 12.2. The minimum atomic E-state index is -1.16. The van der Waals surface area contributed by atoms with Gasteiger partial charge in [0, 0.05) is 19.4 Å². The number of rotatable bonds is 1. The maximum atomic E-state index is 11.0. The number of fused-ring (bicyclic) bond motifs is 3. The molecule has 0 aliphatic heterocycles. The van der Waals surface area contributed by atoms with Crippen LogP contribution in [0.4, 0.5) is 0 Å². The summed E-state index contributed by atoms with van der Waals surface area (Å²) in [5, 5.41) is 12.5. The van der Waals surface area contributed by atoms with E-state index in [4.69, 9.17) is 19.8 Å². The van der Waals surface area contributed by atoms with E-state index < -0.39 is 12.0 Å². The number of hydrogen-bond acceptors (Lipinski definition) is 6. The molecule has 0 radical (unpaired) electrons. The lowest BCUT2D eigenvalue weighted by Crippen LogP contribution is -2.20. The molecule has 1 unspecified atom stereocenters. The second-order valence-corrected chi connectivity index (χ2v) is 3.90. The number of hydrogen-bond donors (Lipinski definition) is 2. The summed E-state index contributed by atoms with van der Waals surface area (Å²) in [6, 6.07) is -0.487. The molecule has 1 atom stereocenters. The van der Waals surface area contributed by atoms with Crippen LogP contribution < -0.4 is 5.73 Å². The number of carboxylic acid groups (broad SMARTS) is 1. The maximum Gasteiger partial charge on any atom is 0.358 e. The first-order chi connectivity index (χ1) is 8.08. The molecule has 0 saturated heterocycles. The van der Waals surface area contributed by atoms with E-state index in [2.05, 4.69) is 10.1 Å². The lowest BCUT2D eigenvalue weighted by Gasteiger charge is -2.14. The Morgan fingerprint density at radius 3 is 3.00 bits per heavy atom. The SMILES string of the molecule is Cc1nc2c(o1)-c1onc(C(=O)O)c1C(N)C2. The van der Waals surface area contributed by atoms with E-state index in [0.29, 0.717) is 29.3 Å². The second kappa shape index (κ2) is 3.17. The van der Waals surface area contributed by atoms with E-state index in [1.54, 1.807) is 6.92 Å². The smallest absolute Gasteiger partial charge is 0.358 e. The number of oxazole rings is 1. The second-order valence-electron chi connectivity index (χ2n) is 3.90. The van der Waals surface area contributed by atoms with Gasteiger partial charge in [-0.1, -0.05) is 5.16 Å². The summed E-state index contributed by atoms with van der Waals surface area (Å²) < 4.78 is 10.4. The van der Waals surface area contributed by atoms with Crippen molar-refractivity contribution >= 4 is 5.97 Å². The molecule has 7 nitrogen and oxygen atoms in total. The Kier molecular flexibility index (Phi) is 1.87. The van der Waals surface area contributed by atoms with Crippen LogP contribution in [0.25, 0.3) is 11.5 Å². The summed E-state index contributed by atoms with van der Waals surface area (Å²) >= 11 is 0. The van der Waals surface area contributed by atoms with Crippen LogP contribution in [0.1, 0.15) is 33.7 Å². The van der Waals surface area contributed by atoms with Crippen molar-refractivity contribution in [3.8, 4) is 11.5 Å².